The Kier molecular flexibility index (Phi) is 5.45. The lowest BCUT2D eigenvalue weighted by atomic mass is 10.1. The molecule has 0 aliphatic carbocycles. The highest BCUT2D eigenvalue weighted by Gasteiger charge is 2.16. The molecule has 0 bridgehead atoms. The van der Waals surface area contributed by atoms with Crippen LogP contribution < -0.4 is 10.6 Å². The van der Waals surface area contributed by atoms with Crippen LogP contribution in [0.1, 0.15) is 28.8 Å². The lowest BCUT2D eigenvalue weighted by Gasteiger charge is -2.24. The third kappa shape index (κ3) is 3.72. The van der Waals surface area contributed by atoms with Crippen molar-refractivity contribution in [1.29, 1.82) is 0 Å². The zero-order valence-corrected chi connectivity index (χ0v) is 10.8. The lowest BCUT2D eigenvalue weighted by Crippen LogP contribution is -2.45. The Morgan fingerprint density at radius 1 is 1.41 bits per heavy atom. The van der Waals surface area contributed by atoms with Crippen LogP contribution in [0, 0.1) is 6.92 Å². The number of hydrogen-bond donors (Lipinski definition) is 2. The van der Waals surface area contributed by atoms with Gasteiger partial charge in [-0.3, -0.25) is 4.79 Å². The van der Waals surface area contributed by atoms with Gasteiger partial charge in [-0.05, 0) is 37.9 Å². The van der Waals surface area contributed by atoms with Crippen LogP contribution in [0.2, 0.25) is 0 Å². The van der Waals surface area contributed by atoms with Crippen molar-refractivity contribution >= 4 is 18.3 Å². The predicted molar refractivity (Wildman–Crippen MR) is 71.8 cm³/mol. The number of piperidine rings is 1. The van der Waals surface area contributed by atoms with Crippen molar-refractivity contribution in [3.8, 4) is 0 Å². The maximum atomic E-state index is 12.0. The van der Waals surface area contributed by atoms with E-state index in [4.69, 9.17) is 0 Å². The zero-order valence-electron chi connectivity index (χ0n) is 10.0. The Balaban J connectivity index is 0.00000144. The second-order valence-electron chi connectivity index (χ2n) is 4.33. The van der Waals surface area contributed by atoms with E-state index < -0.39 is 0 Å². The fraction of sp³-hybridized carbons (Fsp3) is 0.462. The van der Waals surface area contributed by atoms with Crippen LogP contribution in [0.15, 0.2) is 24.3 Å². The standard InChI is InChI=1S/C13H18N2O.ClH/c1-10-5-2-3-7-12(10)13(16)15-11-6-4-8-14-9-11;/h2-3,5,7,11,14H,4,6,8-9H2,1H3,(H,15,16);1H. The van der Waals surface area contributed by atoms with Crippen LogP contribution in [0.3, 0.4) is 0 Å². The molecule has 2 N–H and O–H groups in total. The molecule has 1 unspecified atom stereocenters. The summed E-state index contributed by atoms with van der Waals surface area (Å²) >= 11 is 0. The van der Waals surface area contributed by atoms with Crippen molar-refractivity contribution in [3.05, 3.63) is 35.4 Å². The van der Waals surface area contributed by atoms with Crippen molar-refractivity contribution in [2.24, 2.45) is 0 Å². The molecule has 4 heteroatoms. The minimum Gasteiger partial charge on any atom is -0.348 e. The maximum Gasteiger partial charge on any atom is 0.251 e. The highest BCUT2D eigenvalue weighted by Crippen LogP contribution is 2.08. The first-order chi connectivity index (χ1) is 7.77. The van der Waals surface area contributed by atoms with Gasteiger partial charge in [-0.1, -0.05) is 18.2 Å². The van der Waals surface area contributed by atoms with E-state index in [2.05, 4.69) is 10.6 Å². The Bertz CT molecular complexity index is 375. The van der Waals surface area contributed by atoms with Gasteiger partial charge < -0.3 is 10.6 Å². The van der Waals surface area contributed by atoms with Gasteiger partial charge in [-0.25, -0.2) is 0 Å². The number of rotatable bonds is 2. The Morgan fingerprint density at radius 2 is 2.18 bits per heavy atom. The molecule has 1 saturated heterocycles. The molecule has 1 aliphatic rings. The second-order valence-corrected chi connectivity index (χ2v) is 4.33. The molecule has 1 atom stereocenters. The number of hydrogen-bond acceptors (Lipinski definition) is 2. The smallest absolute Gasteiger partial charge is 0.251 e. The van der Waals surface area contributed by atoms with E-state index >= 15 is 0 Å². The normalized spacial score (nSPS) is 19.2. The molecule has 1 fully saturated rings. The molecule has 0 spiro atoms. The molecule has 1 aliphatic heterocycles. The third-order valence-corrected chi connectivity index (χ3v) is 3.02. The molecule has 3 nitrogen and oxygen atoms in total. The van der Waals surface area contributed by atoms with Gasteiger partial charge in [0.25, 0.3) is 5.91 Å². The first-order valence-corrected chi connectivity index (χ1v) is 5.84. The fourth-order valence-electron chi connectivity index (χ4n) is 2.07. The van der Waals surface area contributed by atoms with E-state index in [9.17, 15) is 4.79 Å². The zero-order chi connectivity index (χ0) is 11.4. The SMILES string of the molecule is Cc1ccccc1C(=O)NC1CCCNC1.Cl. The van der Waals surface area contributed by atoms with Gasteiger partial charge in [-0.2, -0.15) is 0 Å². The third-order valence-electron chi connectivity index (χ3n) is 3.02. The van der Waals surface area contributed by atoms with Crippen LogP contribution in [-0.4, -0.2) is 25.0 Å². The molecule has 1 heterocycles. The van der Waals surface area contributed by atoms with Gasteiger partial charge in [0, 0.05) is 18.2 Å². The van der Waals surface area contributed by atoms with Crippen molar-refractivity contribution in [1.82, 2.24) is 10.6 Å². The first kappa shape index (κ1) is 14.0. The van der Waals surface area contributed by atoms with Crippen molar-refractivity contribution in [3.63, 3.8) is 0 Å². The van der Waals surface area contributed by atoms with Gasteiger partial charge in [0.1, 0.15) is 0 Å². The summed E-state index contributed by atoms with van der Waals surface area (Å²) in [6.45, 7) is 3.92. The number of carbonyl (C=O) groups excluding carboxylic acids is 1. The van der Waals surface area contributed by atoms with Crippen molar-refractivity contribution in [2.45, 2.75) is 25.8 Å². The summed E-state index contributed by atoms with van der Waals surface area (Å²) in [5.74, 6) is 0.0480. The molecule has 94 valence electrons. The highest BCUT2D eigenvalue weighted by atomic mass is 35.5. The van der Waals surface area contributed by atoms with Gasteiger partial charge in [-0.15, -0.1) is 12.4 Å². The summed E-state index contributed by atoms with van der Waals surface area (Å²) in [6, 6.07) is 7.98. The molecule has 1 aromatic carbocycles. The number of amides is 1. The summed E-state index contributed by atoms with van der Waals surface area (Å²) in [5.41, 5.74) is 1.82. The highest BCUT2D eigenvalue weighted by molar-refractivity contribution is 5.95. The Labute approximate surface area is 108 Å². The molecule has 17 heavy (non-hydrogen) atoms. The topological polar surface area (TPSA) is 41.1 Å². The average Bonchev–Trinajstić information content (AvgIpc) is 2.31. The average molecular weight is 255 g/mol. The van der Waals surface area contributed by atoms with Gasteiger partial charge in [0.05, 0.1) is 0 Å². The van der Waals surface area contributed by atoms with E-state index in [1.54, 1.807) is 0 Å². The molecular formula is C13H19ClN2O. The molecule has 2 rings (SSSR count). The molecular weight excluding hydrogens is 236 g/mol. The van der Waals surface area contributed by atoms with E-state index in [1.807, 2.05) is 31.2 Å². The van der Waals surface area contributed by atoms with Gasteiger partial charge in [0.15, 0.2) is 0 Å². The van der Waals surface area contributed by atoms with E-state index in [0.717, 1.165) is 37.1 Å². The molecule has 1 aromatic rings. The van der Waals surface area contributed by atoms with Crippen LogP contribution in [0.4, 0.5) is 0 Å². The summed E-state index contributed by atoms with van der Waals surface area (Å²) in [5, 5.41) is 6.37. The van der Waals surface area contributed by atoms with Crippen molar-refractivity contribution in [2.75, 3.05) is 13.1 Å². The fourth-order valence-corrected chi connectivity index (χ4v) is 2.07. The largest absolute Gasteiger partial charge is 0.348 e. The number of halogens is 1. The van der Waals surface area contributed by atoms with Crippen LogP contribution in [0.5, 0.6) is 0 Å². The second kappa shape index (κ2) is 6.62. The van der Waals surface area contributed by atoms with Gasteiger partial charge in [0.2, 0.25) is 0 Å². The maximum absolute atomic E-state index is 12.0. The number of benzene rings is 1. The molecule has 0 saturated carbocycles. The number of nitrogens with one attached hydrogen (secondary N) is 2. The molecule has 1 amide bonds. The summed E-state index contributed by atoms with van der Waals surface area (Å²) < 4.78 is 0. The molecule has 0 radical (unpaired) electrons. The Morgan fingerprint density at radius 3 is 2.82 bits per heavy atom. The number of carbonyl (C=O) groups is 1. The summed E-state index contributed by atoms with van der Waals surface area (Å²) in [4.78, 5) is 12.0. The Hall–Kier alpha value is -1.06. The van der Waals surface area contributed by atoms with E-state index in [1.165, 1.54) is 0 Å². The van der Waals surface area contributed by atoms with Crippen molar-refractivity contribution < 1.29 is 4.79 Å². The quantitative estimate of drug-likeness (QED) is 0.847. The molecule has 0 aromatic heterocycles. The van der Waals surface area contributed by atoms with Gasteiger partial charge >= 0.3 is 0 Å². The summed E-state index contributed by atoms with van der Waals surface area (Å²) in [7, 11) is 0. The first-order valence-electron chi connectivity index (χ1n) is 5.84. The monoisotopic (exact) mass is 254 g/mol. The van der Waals surface area contributed by atoms with Crippen LogP contribution in [-0.2, 0) is 0 Å². The van der Waals surface area contributed by atoms with Crippen LogP contribution in [0.25, 0.3) is 0 Å². The number of aryl methyl sites for hydroxylation is 1. The lowest BCUT2D eigenvalue weighted by molar-refractivity contribution is 0.0930. The minimum absolute atomic E-state index is 0. The predicted octanol–water partition coefficient (Wildman–Crippen LogP) is 1.90. The minimum atomic E-state index is 0. The van der Waals surface area contributed by atoms with Crippen LogP contribution >= 0.6 is 12.4 Å². The van der Waals surface area contributed by atoms with E-state index in [-0.39, 0.29) is 24.4 Å². The summed E-state index contributed by atoms with van der Waals surface area (Å²) in [6.07, 6.45) is 2.21. The van der Waals surface area contributed by atoms with E-state index in [0.29, 0.717) is 0 Å².